The zero-order valence-corrected chi connectivity index (χ0v) is 23.7. The lowest BCUT2D eigenvalue weighted by Crippen LogP contribution is -2.54. The summed E-state index contributed by atoms with van der Waals surface area (Å²) < 4.78 is 4.78. The zero-order chi connectivity index (χ0) is 27.9. The second-order valence-corrected chi connectivity index (χ2v) is 12.4. The smallest absolute Gasteiger partial charge is 0.248 e. The fourth-order valence-electron chi connectivity index (χ4n) is 6.60. The lowest BCUT2D eigenvalue weighted by atomic mass is 9.70. The van der Waals surface area contributed by atoms with Crippen molar-refractivity contribution in [1.82, 2.24) is 4.90 Å². The first-order chi connectivity index (χ1) is 18.7. The maximum absolute atomic E-state index is 14.1. The third-order valence-corrected chi connectivity index (χ3v) is 10.4. The highest BCUT2D eigenvalue weighted by atomic mass is 32.2. The van der Waals surface area contributed by atoms with Crippen LogP contribution in [0, 0.1) is 25.7 Å². The normalized spacial score (nSPS) is 27.8. The summed E-state index contributed by atoms with van der Waals surface area (Å²) in [4.78, 5) is 43.4. The summed E-state index contributed by atoms with van der Waals surface area (Å²) in [5.41, 5.74) is 3.31. The molecule has 5 rings (SSSR count). The van der Waals surface area contributed by atoms with E-state index in [0.29, 0.717) is 30.8 Å². The summed E-state index contributed by atoms with van der Waals surface area (Å²) in [6.45, 7) is 8.04. The van der Waals surface area contributed by atoms with Gasteiger partial charge in [-0.25, -0.2) is 0 Å². The van der Waals surface area contributed by atoms with E-state index in [1.165, 1.54) is 0 Å². The average Bonchev–Trinajstić information content (AvgIpc) is 3.56. The predicted molar refractivity (Wildman–Crippen MR) is 153 cm³/mol. The summed E-state index contributed by atoms with van der Waals surface area (Å²) in [7, 11) is 0. The standard InChI is InChI=1S/C30H37N3O5S/c1-5-20(16-34)33-26(28(36)32-22-15-17(3)7-8-18(22)4)30-14-13-23(39-30)24(25(30)29(33)37)27(35)31-19-9-11-21(12-10-19)38-6-2/h7-12,15,20,23-26,34H,5-6,13-14,16H2,1-4H3,(H,31,35)(H,32,36)/t20-,23+,24-,25-,26?,30?/m0/s1. The summed E-state index contributed by atoms with van der Waals surface area (Å²) in [6.07, 6.45) is 1.94. The maximum Gasteiger partial charge on any atom is 0.248 e. The highest BCUT2D eigenvalue weighted by Crippen LogP contribution is 2.66. The molecular weight excluding hydrogens is 514 g/mol. The number of amides is 3. The highest BCUT2D eigenvalue weighted by Gasteiger charge is 2.74. The van der Waals surface area contributed by atoms with Crippen LogP contribution >= 0.6 is 11.8 Å². The molecule has 3 fully saturated rings. The van der Waals surface area contributed by atoms with Gasteiger partial charge in [0, 0.05) is 16.6 Å². The zero-order valence-electron chi connectivity index (χ0n) is 22.9. The van der Waals surface area contributed by atoms with Crippen molar-refractivity contribution in [2.24, 2.45) is 11.8 Å². The minimum Gasteiger partial charge on any atom is -0.494 e. The molecule has 6 atom stereocenters. The molecule has 208 valence electrons. The Kier molecular flexibility index (Phi) is 7.66. The van der Waals surface area contributed by atoms with E-state index in [-0.39, 0.29) is 29.6 Å². The third kappa shape index (κ3) is 4.69. The Morgan fingerprint density at radius 1 is 1.13 bits per heavy atom. The Bertz CT molecular complexity index is 1260. The Hall–Kier alpha value is -3.04. The first kappa shape index (κ1) is 27.5. The SMILES string of the molecule is CCOc1ccc(NC(=O)[C@@H]2[C@H]3C(=O)N([C@@H](CC)CO)C(C(=O)Nc4cc(C)ccc4C)C34CC[C@H]2S4)cc1. The minimum absolute atomic E-state index is 0.0472. The first-order valence-corrected chi connectivity index (χ1v) is 14.6. The molecule has 0 radical (unpaired) electrons. The number of ether oxygens (including phenoxy) is 1. The summed E-state index contributed by atoms with van der Waals surface area (Å²) in [5, 5.41) is 16.3. The number of aliphatic hydroxyl groups excluding tert-OH is 1. The lowest BCUT2D eigenvalue weighted by Gasteiger charge is -2.36. The van der Waals surface area contributed by atoms with Gasteiger partial charge in [-0.15, -0.1) is 11.8 Å². The summed E-state index contributed by atoms with van der Waals surface area (Å²) in [5.74, 6) is -1.13. The van der Waals surface area contributed by atoms with E-state index in [0.717, 1.165) is 23.3 Å². The van der Waals surface area contributed by atoms with Crippen molar-refractivity contribution in [3.8, 4) is 5.75 Å². The van der Waals surface area contributed by atoms with E-state index in [9.17, 15) is 19.5 Å². The first-order valence-electron chi connectivity index (χ1n) is 13.8. The van der Waals surface area contributed by atoms with Crippen LogP contribution in [0.5, 0.6) is 5.75 Å². The van der Waals surface area contributed by atoms with Crippen LogP contribution in [0.15, 0.2) is 42.5 Å². The number of anilines is 2. The van der Waals surface area contributed by atoms with Crippen LogP contribution in [0.3, 0.4) is 0 Å². The largest absolute Gasteiger partial charge is 0.494 e. The molecule has 39 heavy (non-hydrogen) atoms. The van der Waals surface area contributed by atoms with E-state index in [4.69, 9.17) is 4.74 Å². The van der Waals surface area contributed by atoms with E-state index in [2.05, 4.69) is 10.6 Å². The number of hydrogen-bond acceptors (Lipinski definition) is 6. The van der Waals surface area contributed by atoms with E-state index in [1.54, 1.807) is 40.9 Å². The van der Waals surface area contributed by atoms with Gasteiger partial charge >= 0.3 is 0 Å². The van der Waals surface area contributed by atoms with Gasteiger partial charge in [0.25, 0.3) is 0 Å². The van der Waals surface area contributed by atoms with Crippen LogP contribution in [-0.2, 0) is 14.4 Å². The molecule has 1 spiro atoms. The number of rotatable bonds is 9. The fourth-order valence-corrected chi connectivity index (χ4v) is 8.80. The molecule has 2 aromatic rings. The Morgan fingerprint density at radius 2 is 1.87 bits per heavy atom. The number of carbonyl (C=O) groups is 3. The van der Waals surface area contributed by atoms with E-state index < -0.39 is 28.7 Å². The third-order valence-electron chi connectivity index (χ3n) is 8.45. The number of fused-ring (bicyclic) bond motifs is 1. The van der Waals surface area contributed by atoms with Crippen LogP contribution in [-0.4, -0.2) is 63.0 Å². The van der Waals surface area contributed by atoms with Gasteiger partial charge in [-0.3, -0.25) is 14.4 Å². The van der Waals surface area contributed by atoms with Crippen LogP contribution in [0.1, 0.15) is 44.2 Å². The number of nitrogens with zero attached hydrogens (tertiary/aromatic N) is 1. The molecule has 2 aromatic carbocycles. The van der Waals surface area contributed by atoms with Gasteiger partial charge in [0.15, 0.2) is 0 Å². The Morgan fingerprint density at radius 3 is 2.54 bits per heavy atom. The number of aliphatic hydroxyl groups is 1. The van der Waals surface area contributed by atoms with E-state index >= 15 is 0 Å². The average molecular weight is 552 g/mol. The van der Waals surface area contributed by atoms with Gasteiger partial charge in [0.05, 0.1) is 35.8 Å². The van der Waals surface area contributed by atoms with Crippen molar-refractivity contribution in [1.29, 1.82) is 0 Å². The molecule has 0 aliphatic carbocycles. The molecule has 8 nitrogen and oxygen atoms in total. The van der Waals surface area contributed by atoms with Crippen molar-refractivity contribution in [3.63, 3.8) is 0 Å². The van der Waals surface area contributed by atoms with Crippen molar-refractivity contribution in [2.45, 2.75) is 69.0 Å². The van der Waals surface area contributed by atoms with E-state index in [1.807, 2.05) is 45.9 Å². The van der Waals surface area contributed by atoms with Gasteiger partial charge in [0.1, 0.15) is 11.8 Å². The van der Waals surface area contributed by atoms with Gasteiger partial charge in [-0.2, -0.15) is 0 Å². The molecular formula is C30H37N3O5S. The highest BCUT2D eigenvalue weighted by molar-refractivity contribution is 8.02. The number of benzene rings is 2. The predicted octanol–water partition coefficient (Wildman–Crippen LogP) is 4.14. The number of thioether (sulfide) groups is 1. The van der Waals surface area contributed by atoms with Crippen molar-refractivity contribution >= 4 is 40.9 Å². The second kappa shape index (κ2) is 10.8. The minimum atomic E-state index is -0.773. The van der Waals surface area contributed by atoms with Crippen molar-refractivity contribution < 1.29 is 24.2 Å². The molecule has 2 bridgehead atoms. The van der Waals surface area contributed by atoms with Crippen LogP contribution in [0.25, 0.3) is 0 Å². The van der Waals surface area contributed by atoms with Crippen LogP contribution in [0.4, 0.5) is 11.4 Å². The Balaban J connectivity index is 1.46. The van der Waals surface area contributed by atoms with Crippen LogP contribution in [0.2, 0.25) is 0 Å². The number of likely N-dealkylation sites (tertiary alicyclic amines) is 1. The molecule has 3 heterocycles. The lowest BCUT2D eigenvalue weighted by molar-refractivity contribution is -0.141. The van der Waals surface area contributed by atoms with Gasteiger partial charge in [-0.05, 0) is 81.5 Å². The molecule has 3 aliphatic heterocycles. The quantitative estimate of drug-likeness (QED) is 0.432. The molecule has 3 amide bonds. The molecule has 3 saturated heterocycles. The molecule has 9 heteroatoms. The van der Waals surface area contributed by atoms with Crippen molar-refractivity contribution in [3.05, 3.63) is 53.6 Å². The number of carbonyl (C=O) groups excluding carboxylic acids is 3. The number of hydrogen-bond donors (Lipinski definition) is 3. The molecule has 2 unspecified atom stereocenters. The van der Waals surface area contributed by atoms with Crippen LogP contribution < -0.4 is 15.4 Å². The monoisotopic (exact) mass is 551 g/mol. The number of aryl methyl sites for hydroxylation is 2. The second-order valence-electron chi connectivity index (χ2n) is 10.8. The van der Waals surface area contributed by atoms with Gasteiger partial charge in [0.2, 0.25) is 17.7 Å². The fraction of sp³-hybridized carbons (Fsp3) is 0.500. The van der Waals surface area contributed by atoms with Gasteiger partial charge in [-0.1, -0.05) is 19.1 Å². The number of nitrogens with one attached hydrogen (secondary N) is 2. The molecule has 0 aromatic heterocycles. The Labute approximate surface area is 233 Å². The topological polar surface area (TPSA) is 108 Å². The molecule has 3 N–H and O–H groups in total. The maximum atomic E-state index is 14.1. The van der Waals surface area contributed by atoms with Crippen molar-refractivity contribution in [2.75, 3.05) is 23.8 Å². The summed E-state index contributed by atoms with van der Waals surface area (Å²) in [6, 6.07) is 11.8. The molecule has 3 aliphatic rings. The summed E-state index contributed by atoms with van der Waals surface area (Å²) >= 11 is 1.62. The van der Waals surface area contributed by atoms with Gasteiger partial charge < -0.3 is 25.4 Å². The molecule has 0 saturated carbocycles.